The van der Waals surface area contributed by atoms with E-state index in [0.717, 1.165) is 11.1 Å². The fourth-order valence-electron chi connectivity index (χ4n) is 1.29. The van der Waals surface area contributed by atoms with Crippen LogP contribution in [0.3, 0.4) is 0 Å². The lowest BCUT2D eigenvalue weighted by Crippen LogP contribution is -2.03. The van der Waals surface area contributed by atoms with Crippen molar-refractivity contribution in [3.05, 3.63) is 35.4 Å². The van der Waals surface area contributed by atoms with Gasteiger partial charge in [-0.25, -0.2) is 8.42 Å². The van der Waals surface area contributed by atoms with Gasteiger partial charge >= 0.3 is 0 Å². The zero-order valence-corrected chi connectivity index (χ0v) is 6.76. The van der Waals surface area contributed by atoms with Crippen LogP contribution >= 0.6 is 0 Å². The highest BCUT2D eigenvalue weighted by molar-refractivity contribution is 7.89. The first-order valence-corrected chi connectivity index (χ1v) is 5.26. The molecule has 2 heterocycles. The van der Waals surface area contributed by atoms with E-state index >= 15 is 0 Å². The number of fused-ring (bicyclic) bond motifs is 4. The lowest BCUT2D eigenvalue weighted by atomic mass is 10.2. The van der Waals surface area contributed by atoms with E-state index < -0.39 is 9.84 Å². The van der Waals surface area contributed by atoms with E-state index in [1.54, 1.807) is 0 Å². The summed E-state index contributed by atoms with van der Waals surface area (Å²) < 4.78 is 22.4. The number of benzene rings is 1. The van der Waals surface area contributed by atoms with Crippen molar-refractivity contribution in [2.24, 2.45) is 0 Å². The Morgan fingerprint density at radius 2 is 1.27 bits per heavy atom. The topological polar surface area (TPSA) is 34.1 Å². The summed E-state index contributed by atoms with van der Waals surface area (Å²) in [5, 5.41) is 0. The molecule has 0 atom stereocenters. The van der Waals surface area contributed by atoms with Crippen molar-refractivity contribution in [2.45, 2.75) is 11.5 Å². The number of hydrogen-bond acceptors (Lipinski definition) is 2. The molecule has 1 aromatic rings. The molecule has 2 bridgehead atoms. The summed E-state index contributed by atoms with van der Waals surface area (Å²) >= 11 is 0. The Hall–Kier alpha value is -0.830. The first-order valence-electron chi connectivity index (χ1n) is 3.44. The largest absolute Gasteiger partial charge is 0.228 e. The second kappa shape index (κ2) is 2.08. The van der Waals surface area contributed by atoms with Crippen molar-refractivity contribution < 1.29 is 8.42 Å². The van der Waals surface area contributed by atoms with E-state index in [4.69, 9.17) is 0 Å². The summed E-state index contributed by atoms with van der Waals surface area (Å²) in [5.74, 6) is 0.396. The molecule has 2 aliphatic rings. The summed E-state index contributed by atoms with van der Waals surface area (Å²) in [4.78, 5) is 0. The van der Waals surface area contributed by atoms with Gasteiger partial charge in [0.25, 0.3) is 0 Å². The molecule has 0 unspecified atom stereocenters. The first-order chi connectivity index (χ1) is 5.16. The Morgan fingerprint density at radius 1 is 0.909 bits per heavy atom. The quantitative estimate of drug-likeness (QED) is 0.581. The van der Waals surface area contributed by atoms with Gasteiger partial charge in [0.05, 0.1) is 11.5 Å². The Balaban J connectivity index is 2.62. The Kier molecular flexibility index (Phi) is 1.29. The predicted octanol–water partition coefficient (Wildman–Crippen LogP) is 1.12. The zero-order chi connectivity index (χ0) is 7.90. The summed E-state index contributed by atoms with van der Waals surface area (Å²) in [7, 11) is -2.85. The Morgan fingerprint density at radius 3 is 1.64 bits per heavy atom. The van der Waals surface area contributed by atoms with Crippen molar-refractivity contribution in [3.63, 3.8) is 0 Å². The van der Waals surface area contributed by atoms with E-state index in [2.05, 4.69) is 0 Å². The molecular weight excluding hydrogens is 160 g/mol. The average molecular weight is 168 g/mol. The van der Waals surface area contributed by atoms with Crippen LogP contribution in [0.4, 0.5) is 0 Å². The van der Waals surface area contributed by atoms with Gasteiger partial charge in [-0.3, -0.25) is 0 Å². The van der Waals surface area contributed by atoms with Crippen molar-refractivity contribution in [1.82, 2.24) is 0 Å². The van der Waals surface area contributed by atoms with Crippen LogP contribution in [-0.2, 0) is 21.3 Å². The van der Waals surface area contributed by atoms with Gasteiger partial charge < -0.3 is 0 Å². The Labute approximate surface area is 65.8 Å². The summed E-state index contributed by atoms with van der Waals surface area (Å²) in [5.41, 5.74) is 1.79. The maximum Gasteiger partial charge on any atom is 0.158 e. The minimum atomic E-state index is -2.85. The molecule has 0 spiro atoms. The molecule has 0 radical (unpaired) electrons. The molecule has 2 aliphatic heterocycles. The minimum absolute atomic E-state index is 0.198. The van der Waals surface area contributed by atoms with E-state index in [-0.39, 0.29) is 11.5 Å². The van der Waals surface area contributed by atoms with Gasteiger partial charge in [0.15, 0.2) is 9.84 Å². The molecule has 0 N–H and O–H groups in total. The smallest absolute Gasteiger partial charge is 0.158 e. The summed E-state index contributed by atoms with van der Waals surface area (Å²) in [6, 6.07) is 7.50. The molecule has 0 aliphatic carbocycles. The molecule has 3 rings (SSSR count). The maximum absolute atomic E-state index is 11.2. The molecule has 0 saturated carbocycles. The number of rotatable bonds is 0. The van der Waals surface area contributed by atoms with Crippen LogP contribution < -0.4 is 0 Å². The molecule has 0 amide bonds. The van der Waals surface area contributed by atoms with Gasteiger partial charge in [-0.15, -0.1) is 0 Å². The normalized spacial score (nSPS) is 19.6. The molecule has 1 aromatic carbocycles. The van der Waals surface area contributed by atoms with Gasteiger partial charge in [-0.1, -0.05) is 24.3 Å². The van der Waals surface area contributed by atoms with Crippen molar-refractivity contribution in [2.75, 3.05) is 0 Å². The maximum atomic E-state index is 11.2. The van der Waals surface area contributed by atoms with E-state index in [9.17, 15) is 8.42 Å². The lowest BCUT2D eigenvalue weighted by molar-refractivity contribution is 0.595. The monoisotopic (exact) mass is 168 g/mol. The molecule has 2 nitrogen and oxygen atoms in total. The van der Waals surface area contributed by atoms with Crippen LogP contribution in [0.2, 0.25) is 0 Å². The third-order valence-electron chi connectivity index (χ3n) is 1.80. The van der Waals surface area contributed by atoms with Crippen LogP contribution in [-0.4, -0.2) is 8.42 Å². The van der Waals surface area contributed by atoms with Gasteiger partial charge in [0.2, 0.25) is 0 Å². The van der Waals surface area contributed by atoms with E-state index in [1.165, 1.54) is 0 Å². The average Bonchev–Trinajstić information content (AvgIpc) is 2.12. The number of hydrogen-bond donors (Lipinski definition) is 0. The Bertz CT molecular complexity index is 331. The predicted molar refractivity (Wildman–Crippen MR) is 42.8 cm³/mol. The molecular formula is C8H8O2S. The zero-order valence-electron chi connectivity index (χ0n) is 5.95. The van der Waals surface area contributed by atoms with E-state index in [0.29, 0.717) is 0 Å². The second-order valence-electron chi connectivity index (χ2n) is 2.85. The molecule has 0 aromatic heterocycles. The fraction of sp³-hybridized carbons (Fsp3) is 0.250. The van der Waals surface area contributed by atoms with Gasteiger partial charge in [0.1, 0.15) is 0 Å². The van der Waals surface area contributed by atoms with Crippen LogP contribution in [0.1, 0.15) is 11.1 Å². The fourth-order valence-corrected chi connectivity index (χ4v) is 2.79. The second-order valence-corrected chi connectivity index (χ2v) is 4.91. The molecule has 11 heavy (non-hydrogen) atoms. The third kappa shape index (κ3) is 1.28. The number of sulfone groups is 1. The highest BCUT2D eigenvalue weighted by Crippen LogP contribution is 2.18. The standard InChI is InChI=1S/C8H8O2S/c9-11(10)5-7-1-2-8(6-11)4-3-7/h1-4H,5-6H2. The molecule has 0 saturated heterocycles. The molecule has 3 heteroatoms. The summed E-state index contributed by atoms with van der Waals surface area (Å²) in [6.07, 6.45) is 0. The van der Waals surface area contributed by atoms with Gasteiger partial charge in [0, 0.05) is 0 Å². The first kappa shape index (κ1) is 6.85. The SMILES string of the molecule is O=S1(=O)Cc2ccc(cc2)C1. The van der Waals surface area contributed by atoms with Gasteiger partial charge in [-0.05, 0) is 11.1 Å². The van der Waals surface area contributed by atoms with Gasteiger partial charge in [-0.2, -0.15) is 0 Å². The van der Waals surface area contributed by atoms with Crippen LogP contribution in [0.5, 0.6) is 0 Å². The van der Waals surface area contributed by atoms with Crippen LogP contribution in [0, 0.1) is 0 Å². The highest BCUT2D eigenvalue weighted by atomic mass is 32.2. The van der Waals surface area contributed by atoms with E-state index in [1.807, 2.05) is 24.3 Å². The molecule has 0 fully saturated rings. The van der Waals surface area contributed by atoms with Crippen molar-refractivity contribution in [1.29, 1.82) is 0 Å². The highest BCUT2D eigenvalue weighted by Gasteiger charge is 2.16. The third-order valence-corrected chi connectivity index (χ3v) is 3.34. The van der Waals surface area contributed by atoms with Crippen molar-refractivity contribution in [3.8, 4) is 0 Å². The minimum Gasteiger partial charge on any atom is -0.228 e. The lowest BCUT2D eigenvalue weighted by Gasteiger charge is -1.94. The summed E-state index contributed by atoms with van der Waals surface area (Å²) in [6.45, 7) is 0. The van der Waals surface area contributed by atoms with Crippen LogP contribution in [0.15, 0.2) is 24.3 Å². The van der Waals surface area contributed by atoms with Crippen molar-refractivity contribution >= 4 is 9.84 Å². The van der Waals surface area contributed by atoms with Crippen LogP contribution in [0.25, 0.3) is 0 Å². The molecule has 58 valence electrons.